The van der Waals surface area contributed by atoms with Gasteiger partial charge >= 0.3 is 0 Å². The van der Waals surface area contributed by atoms with E-state index in [1.165, 1.54) is 5.69 Å². The molecule has 4 heteroatoms. The Balaban J connectivity index is 2.02. The van der Waals surface area contributed by atoms with Crippen LogP contribution in [0.25, 0.3) is 0 Å². The Morgan fingerprint density at radius 2 is 2.00 bits per heavy atom. The van der Waals surface area contributed by atoms with Crippen LogP contribution in [0.5, 0.6) is 0 Å². The largest absolute Gasteiger partial charge is 0.314 e. The molecule has 0 atom stereocenters. The van der Waals surface area contributed by atoms with Crippen LogP contribution in [0.4, 0.5) is 0 Å². The van der Waals surface area contributed by atoms with Crippen molar-refractivity contribution in [1.29, 1.82) is 0 Å². The zero-order valence-corrected chi connectivity index (χ0v) is 12.3. The Bertz CT molecular complexity index is 472. The van der Waals surface area contributed by atoms with Crippen molar-refractivity contribution >= 4 is 0 Å². The van der Waals surface area contributed by atoms with Gasteiger partial charge in [0.15, 0.2) is 0 Å². The van der Waals surface area contributed by atoms with Gasteiger partial charge in [-0.1, -0.05) is 18.8 Å². The van der Waals surface area contributed by atoms with E-state index >= 15 is 0 Å². The molecule has 1 fully saturated rings. The second-order valence-electron chi connectivity index (χ2n) is 5.10. The highest BCUT2D eigenvalue weighted by molar-refractivity contribution is 5.41. The lowest BCUT2D eigenvalue weighted by Gasteiger charge is -2.24. The van der Waals surface area contributed by atoms with E-state index in [-0.39, 0.29) is 0 Å². The van der Waals surface area contributed by atoms with E-state index < -0.39 is 0 Å². The second-order valence-corrected chi connectivity index (χ2v) is 5.10. The lowest BCUT2D eigenvalue weighted by atomic mass is 10.2. The van der Waals surface area contributed by atoms with Crippen LogP contribution in [0.3, 0.4) is 0 Å². The van der Waals surface area contributed by atoms with Gasteiger partial charge in [0.25, 0.3) is 0 Å². The number of nitrogens with zero attached hydrogens (tertiary/aromatic N) is 3. The number of nitrogens with one attached hydrogen (secondary N) is 1. The summed E-state index contributed by atoms with van der Waals surface area (Å²) in [6.45, 7) is 12.5. The van der Waals surface area contributed by atoms with Crippen molar-refractivity contribution in [3.05, 3.63) is 17.0 Å². The maximum Gasteiger partial charge on any atom is 0.0753 e. The third kappa shape index (κ3) is 3.59. The minimum Gasteiger partial charge on any atom is -0.314 e. The summed E-state index contributed by atoms with van der Waals surface area (Å²) in [6, 6.07) is 0. The van der Waals surface area contributed by atoms with Crippen LogP contribution in [0.15, 0.2) is 0 Å². The monoisotopic (exact) mass is 260 g/mol. The van der Waals surface area contributed by atoms with E-state index in [0.717, 1.165) is 56.9 Å². The van der Waals surface area contributed by atoms with Crippen LogP contribution in [0.2, 0.25) is 0 Å². The molecule has 0 aliphatic carbocycles. The van der Waals surface area contributed by atoms with Crippen molar-refractivity contribution in [2.24, 2.45) is 0 Å². The zero-order chi connectivity index (χ0) is 13.7. The molecule has 0 saturated carbocycles. The minimum atomic E-state index is 0.861. The first kappa shape index (κ1) is 14.1. The summed E-state index contributed by atoms with van der Waals surface area (Å²) in [7, 11) is 0. The zero-order valence-electron chi connectivity index (χ0n) is 12.3. The number of rotatable bonds is 3. The van der Waals surface area contributed by atoms with Gasteiger partial charge in [0.2, 0.25) is 0 Å². The number of hydrogen-bond acceptors (Lipinski definition) is 3. The average molecular weight is 260 g/mol. The molecule has 1 aromatic rings. The van der Waals surface area contributed by atoms with Crippen molar-refractivity contribution < 1.29 is 0 Å². The van der Waals surface area contributed by atoms with Crippen molar-refractivity contribution in [2.75, 3.05) is 32.7 Å². The van der Waals surface area contributed by atoms with Gasteiger partial charge in [-0.05, 0) is 20.3 Å². The molecule has 1 saturated heterocycles. The van der Waals surface area contributed by atoms with Gasteiger partial charge in [-0.15, -0.1) is 0 Å². The predicted octanol–water partition coefficient (Wildman–Crippen LogP) is 1.17. The molecule has 1 aromatic heterocycles. The van der Waals surface area contributed by atoms with Gasteiger partial charge in [-0.3, -0.25) is 9.58 Å². The number of aromatic nitrogens is 2. The van der Waals surface area contributed by atoms with Crippen molar-refractivity contribution in [2.45, 2.75) is 33.7 Å². The summed E-state index contributed by atoms with van der Waals surface area (Å²) in [4.78, 5) is 2.39. The molecule has 1 aliphatic rings. The van der Waals surface area contributed by atoms with Crippen LogP contribution >= 0.6 is 0 Å². The highest BCUT2D eigenvalue weighted by atomic mass is 15.3. The Kier molecular flexibility index (Phi) is 5.00. The van der Waals surface area contributed by atoms with Gasteiger partial charge in [0.05, 0.1) is 23.5 Å². The fourth-order valence-corrected chi connectivity index (χ4v) is 2.42. The fourth-order valence-electron chi connectivity index (χ4n) is 2.42. The molecule has 2 rings (SSSR count). The summed E-state index contributed by atoms with van der Waals surface area (Å²) >= 11 is 0. The Labute approximate surface area is 116 Å². The molecule has 19 heavy (non-hydrogen) atoms. The number of aryl methyl sites for hydroxylation is 2. The third-order valence-electron chi connectivity index (χ3n) is 3.54. The number of piperazine rings is 1. The average Bonchev–Trinajstić information content (AvgIpc) is 2.68. The summed E-state index contributed by atoms with van der Waals surface area (Å²) < 4.78 is 2.07. The van der Waals surface area contributed by atoms with Crippen LogP contribution in [-0.2, 0) is 6.54 Å². The fraction of sp³-hybridized carbons (Fsp3) is 0.667. The van der Waals surface area contributed by atoms with Gasteiger partial charge in [-0.25, -0.2) is 0 Å². The molecular weight excluding hydrogens is 236 g/mol. The molecule has 1 N–H and O–H groups in total. The van der Waals surface area contributed by atoms with E-state index in [1.54, 1.807) is 0 Å². The van der Waals surface area contributed by atoms with Crippen LogP contribution < -0.4 is 5.32 Å². The lowest BCUT2D eigenvalue weighted by molar-refractivity contribution is 0.268. The lowest BCUT2D eigenvalue weighted by Crippen LogP contribution is -2.43. The molecule has 0 bridgehead atoms. The van der Waals surface area contributed by atoms with E-state index in [4.69, 9.17) is 0 Å². The molecule has 2 heterocycles. The van der Waals surface area contributed by atoms with E-state index in [1.807, 2.05) is 6.92 Å². The van der Waals surface area contributed by atoms with Crippen LogP contribution in [0.1, 0.15) is 30.3 Å². The molecule has 0 unspecified atom stereocenters. The maximum absolute atomic E-state index is 4.56. The standard InChI is InChI=1S/C15H24N4/c1-4-9-19-14(3)15(13(2)17-19)6-5-10-18-11-7-16-8-12-18/h16H,4,7-12H2,1-3H3. The Hall–Kier alpha value is -1.31. The van der Waals surface area contributed by atoms with Crippen molar-refractivity contribution in [1.82, 2.24) is 20.0 Å². The van der Waals surface area contributed by atoms with Crippen molar-refractivity contribution in [3.63, 3.8) is 0 Å². The molecule has 104 valence electrons. The second kappa shape index (κ2) is 6.74. The molecule has 4 nitrogen and oxygen atoms in total. The molecule has 0 aromatic carbocycles. The SMILES string of the molecule is CCCn1nc(C)c(C#CCN2CCNCC2)c1C. The third-order valence-corrected chi connectivity index (χ3v) is 3.54. The molecular formula is C15H24N4. The summed E-state index contributed by atoms with van der Waals surface area (Å²) in [6.07, 6.45) is 1.11. The molecule has 0 amide bonds. The highest BCUT2D eigenvalue weighted by Gasteiger charge is 2.09. The normalized spacial score (nSPS) is 16.2. The molecule has 1 aliphatic heterocycles. The molecule has 0 spiro atoms. The predicted molar refractivity (Wildman–Crippen MR) is 78.2 cm³/mol. The van der Waals surface area contributed by atoms with Crippen molar-refractivity contribution in [3.8, 4) is 11.8 Å². The van der Waals surface area contributed by atoms with Gasteiger partial charge in [0.1, 0.15) is 0 Å². The minimum absolute atomic E-state index is 0.861. The smallest absolute Gasteiger partial charge is 0.0753 e. The first-order valence-corrected chi connectivity index (χ1v) is 7.18. The first-order chi connectivity index (χ1) is 9.22. The van der Waals surface area contributed by atoms with E-state index in [9.17, 15) is 0 Å². The number of hydrogen-bond donors (Lipinski definition) is 1. The van der Waals surface area contributed by atoms with Gasteiger partial charge in [-0.2, -0.15) is 5.10 Å². The highest BCUT2D eigenvalue weighted by Crippen LogP contribution is 2.11. The summed E-state index contributed by atoms with van der Waals surface area (Å²) in [5.74, 6) is 6.62. The Morgan fingerprint density at radius 1 is 1.26 bits per heavy atom. The van der Waals surface area contributed by atoms with Gasteiger partial charge < -0.3 is 5.32 Å². The quantitative estimate of drug-likeness (QED) is 0.828. The summed E-state index contributed by atoms with van der Waals surface area (Å²) in [5, 5.41) is 7.91. The topological polar surface area (TPSA) is 33.1 Å². The van der Waals surface area contributed by atoms with Gasteiger partial charge in [0, 0.05) is 32.7 Å². The maximum atomic E-state index is 4.56. The van der Waals surface area contributed by atoms with Crippen LogP contribution in [-0.4, -0.2) is 47.4 Å². The van der Waals surface area contributed by atoms with Crippen LogP contribution in [0, 0.1) is 25.7 Å². The van der Waals surface area contributed by atoms with E-state index in [2.05, 4.69) is 45.7 Å². The Morgan fingerprint density at radius 3 is 2.68 bits per heavy atom. The first-order valence-electron chi connectivity index (χ1n) is 7.18. The van der Waals surface area contributed by atoms with E-state index in [0.29, 0.717) is 0 Å². The summed E-state index contributed by atoms with van der Waals surface area (Å²) in [5.41, 5.74) is 3.37. The molecule has 0 radical (unpaired) electrons.